The van der Waals surface area contributed by atoms with Gasteiger partial charge in [0.25, 0.3) is 0 Å². The summed E-state index contributed by atoms with van der Waals surface area (Å²) in [4.78, 5) is 10.7. The van der Waals surface area contributed by atoms with Crippen LogP contribution in [0.2, 0.25) is 0 Å². The quantitative estimate of drug-likeness (QED) is 0.497. The lowest BCUT2D eigenvalue weighted by Gasteiger charge is -2.25. The van der Waals surface area contributed by atoms with Gasteiger partial charge in [0.05, 0.1) is 0 Å². The number of alkyl halides is 2. The van der Waals surface area contributed by atoms with Gasteiger partial charge in [-0.25, -0.2) is 4.39 Å². The number of ether oxygens (including phenoxy) is 1. The molecule has 0 heterocycles. The number of hydrogen-bond acceptors (Lipinski definition) is 2. The number of carbonyl (C=O) groups excluding carboxylic acids is 1. The number of carbonyl (C=O) groups is 1. The van der Waals surface area contributed by atoms with Gasteiger partial charge in [0, 0.05) is 0 Å². The standard InChI is InChI=1S/C8H12ClFO2/c9-5-8(11)12-7-4-2-1-3-6(7)10/h6-7H,1-5H2/t6-,7-/m1/s1. The first-order chi connectivity index (χ1) is 5.74. The second-order valence-electron chi connectivity index (χ2n) is 2.96. The van der Waals surface area contributed by atoms with Gasteiger partial charge in [-0.3, -0.25) is 4.79 Å². The minimum atomic E-state index is -0.995. The van der Waals surface area contributed by atoms with Gasteiger partial charge in [0.2, 0.25) is 0 Å². The molecule has 70 valence electrons. The zero-order valence-electron chi connectivity index (χ0n) is 6.76. The Kier molecular flexibility index (Phi) is 3.79. The number of esters is 1. The van der Waals surface area contributed by atoms with Gasteiger partial charge >= 0.3 is 5.97 Å². The summed E-state index contributed by atoms with van der Waals surface area (Å²) >= 11 is 5.22. The maximum atomic E-state index is 13.0. The van der Waals surface area contributed by atoms with E-state index in [0.29, 0.717) is 12.8 Å². The van der Waals surface area contributed by atoms with E-state index in [1.165, 1.54) is 0 Å². The fraction of sp³-hybridized carbons (Fsp3) is 0.875. The second-order valence-corrected chi connectivity index (χ2v) is 3.23. The molecule has 1 saturated carbocycles. The predicted octanol–water partition coefficient (Wildman–Crippen LogP) is 2.05. The molecule has 0 amide bonds. The van der Waals surface area contributed by atoms with Crippen molar-refractivity contribution in [1.82, 2.24) is 0 Å². The van der Waals surface area contributed by atoms with Crippen molar-refractivity contribution in [2.75, 3.05) is 5.88 Å². The largest absolute Gasteiger partial charge is 0.458 e. The third kappa shape index (κ3) is 2.63. The van der Waals surface area contributed by atoms with E-state index < -0.39 is 18.2 Å². The van der Waals surface area contributed by atoms with Crippen LogP contribution in [0.5, 0.6) is 0 Å². The number of rotatable bonds is 2. The average molecular weight is 195 g/mol. The summed E-state index contributed by atoms with van der Waals surface area (Å²) < 4.78 is 17.8. The van der Waals surface area contributed by atoms with Crippen molar-refractivity contribution in [2.45, 2.75) is 38.0 Å². The minimum absolute atomic E-state index is 0.191. The molecule has 0 aliphatic heterocycles. The van der Waals surface area contributed by atoms with E-state index in [4.69, 9.17) is 16.3 Å². The fourth-order valence-corrected chi connectivity index (χ4v) is 1.45. The second kappa shape index (κ2) is 4.65. The van der Waals surface area contributed by atoms with Gasteiger partial charge < -0.3 is 4.74 Å². The van der Waals surface area contributed by atoms with Crippen LogP contribution < -0.4 is 0 Å². The summed E-state index contributed by atoms with van der Waals surface area (Å²) in [6.07, 6.45) is 1.40. The number of halogens is 2. The minimum Gasteiger partial charge on any atom is -0.458 e. The lowest BCUT2D eigenvalue weighted by molar-refractivity contribution is -0.151. The molecule has 4 heteroatoms. The summed E-state index contributed by atoms with van der Waals surface area (Å²) in [5, 5.41) is 0. The molecule has 0 N–H and O–H groups in total. The molecule has 0 radical (unpaired) electrons. The lowest BCUT2D eigenvalue weighted by Crippen LogP contribution is -2.31. The summed E-state index contributed by atoms with van der Waals surface area (Å²) in [5.74, 6) is -0.713. The van der Waals surface area contributed by atoms with E-state index in [1.807, 2.05) is 0 Å². The molecule has 0 aromatic carbocycles. The molecule has 1 rings (SSSR count). The molecule has 0 bridgehead atoms. The lowest BCUT2D eigenvalue weighted by atomic mass is 9.96. The van der Waals surface area contributed by atoms with E-state index in [1.54, 1.807) is 0 Å². The van der Waals surface area contributed by atoms with Crippen LogP contribution in [0.15, 0.2) is 0 Å². The summed E-state index contributed by atoms with van der Waals surface area (Å²) in [6, 6.07) is 0. The first-order valence-electron chi connectivity index (χ1n) is 4.13. The Morgan fingerprint density at radius 2 is 2.17 bits per heavy atom. The summed E-state index contributed by atoms with van der Waals surface area (Å²) in [7, 11) is 0. The van der Waals surface area contributed by atoms with Crippen LogP contribution in [0, 0.1) is 0 Å². The van der Waals surface area contributed by atoms with Crippen LogP contribution >= 0.6 is 11.6 Å². The molecule has 0 saturated heterocycles. The average Bonchev–Trinajstić information content (AvgIpc) is 2.09. The topological polar surface area (TPSA) is 26.3 Å². The van der Waals surface area contributed by atoms with Gasteiger partial charge in [-0.2, -0.15) is 0 Å². The molecular formula is C8H12ClFO2. The Bertz CT molecular complexity index is 163. The van der Waals surface area contributed by atoms with Gasteiger partial charge in [-0.15, -0.1) is 11.6 Å². The highest BCUT2D eigenvalue weighted by atomic mass is 35.5. The molecule has 2 atom stereocenters. The first-order valence-corrected chi connectivity index (χ1v) is 4.67. The third-order valence-corrected chi connectivity index (χ3v) is 2.23. The molecule has 0 aromatic rings. The van der Waals surface area contributed by atoms with Crippen molar-refractivity contribution in [1.29, 1.82) is 0 Å². The Morgan fingerprint density at radius 3 is 2.75 bits per heavy atom. The highest BCUT2D eigenvalue weighted by Crippen LogP contribution is 2.23. The molecule has 0 unspecified atom stereocenters. The smallest absolute Gasteiger partial charge is 0.321 e. The van der Waals surface area contributed by atoms with Gasteiger partial charge in [-0.05, 0) is 19.3 Å². The first kappa shape index (κ1) is 9.78. The zero-order chi connectivity index (χ0) is 8.97. The van der Waals surface area contributed by atoms with Crippen molar-refractivity contribution in [2.24, 2.45) is 0 Å². The van der Waals surface area contributed by atoms with Crippen LogP contribution in [0.25, 0.3) is 0 Å². The Morgan fingerprint density at radius 1 is 1.50 bits per heavy atom. The van der Waals surface area contributed by atoms with E-state index in [2.05, 4.69) is 0 Å². The van der Waals surface area contributed by atoms with Crippen LogP contribution in [-0.4, -0.2) is 24.1 Å². The molecule has 1 aliphatic rings. The molecule has 0 aromatic heterocycles. The maximum Gasteiger partial charge on any atom is 0.321 e. The van der Waals surface area contributed by atoms with Gasteiger partial charge in [0.15, 0.2) is 0 Å². The highest BCUT2D eigenvalue weighted by Gasteiger charge is 2.27. The Labute approximate surface area is 76.0 Å². The summed E-state index contributed by atoms with van der Waals surface area (Å²) in [5.41, 5.74) is 0. The molecule has 0 spiro atoms. The third-order valence-electron chi connectivity index (χ3n) is 2.01. The fourth-order valence-electron chi connectivity index (χ4n) is 1.38. The molecule has 1 aliphatic carbocycles. The van der Waals surface area contributed by atoms with E-state index in [-0.39, 0.29) is 5.88 Å². The number of hydrogen-bond donors (Lipinski definition) is 0. The van der Waals surface area contributed by atoms with Gasteiger partial charge in [-0.1, -0.05) is 6.42 Å². The molecule has 1 fully saturated rings. The van der Waals surface area contributed by atoms with E-state index in [9.17, 15) is 9.18 Å². The van der Waals surface area contributed by atoms with E-state index >= 15 is 0 Å². The Balaban J connectivity index is 2.33. The normalized spacial score (nSPS) is 29.8. The van der Waals surface area contributed by atoms with Gasteiger partial charge in [0.1, 0.15) is 18.2 Å². The molecule has 12 heavy (non-hydrogen) atoms. The van der Waals surface area contributed by atoms with Crippen molar-refractivity contribution in [3.63, 3.8) is 0 Å². The van der Waals surface area contributed by atoms with Crippen LogP contribution in [0.1, 0.15) is 25.7 Å². The van der Waals surface area contributed by atoms with Crippen LogP contribution in [0.3, 0.4) is 0 Å². The molecule has 2 nitrogen and oxygen atoms in total. The van der Waals surface area contributed by atoms with Crippen molar-refractivity contribution in [3.05, 3.63) is 0 Å². The maximum absolute atomic E-state index is 13.0. The van der Waals surface area contributed by atoms with Crippen molar-refractivity contribution < 1.29 is 13.9 Å². The SMILES string of the molecule is O=C(CCl)O[C@@H]1CCCC[C@H]1F. The molecular weight excluding hydrogens is 183 g/mol. The Hall–Kier alpha value is -0.310. The monoisotopic (exact) mass is 194 g/mol. The van der Waals surface area contributed by atoms with Crippen LogP contribution in [-0.2, 0) is 9.53 Å². The van der Waals surface area contributed by atoms with Crippen LogP contribution in [0.4, 0.5) is 4.39 Å². The van der Waals surface area contributed by atoms with E-state index in [0.717, 1.165) is 12.8 Å². The van der Waals surface area contributed by atoms with Crippen molar-refractivity contribution >= 4 is 17.6 Å². The predicted molar refractivity (Wildman–Crippen MR) is 44.0 cm³/mol. The van der Waals surface area contributed by atoms with Crippen molar-refractivity contribution in [3.8, 4) is 0 Å². The highest BCUT2D eigenvalue weighted by molar-refractivity contribution is 6.26. The summed E-state index contributed by atoms with van der Waals surface area (Å²) in [6.45, 7) is 0. The zero-order valence-corrected chi connectivity index (χ0v) is 7.52.